The van der Waals surface area contributed by atoms with Crippen molar-refractivity contribution in [3.05, 3.63) is 16.6 Å². The summed E-state index contributed by atoms with van der Waals surface area (Å²) in [5.41, 5.74) is 0.973. The third kappa shape index (κ3) is 1.18. The fourth-order valence-electron chi connectivity index (χ4n) is 0.527. The van der Waals surface area contributed by atoms with Crippen LogP contribution in [0.2, 0.25) is 0 Å². The minimum absolute atomic E-state index is 0.542. The molecule has 0 spiro atoms. The molecule has 0 aromatic carbocycles. The highest BCUT2D eigenvalue weighted by Gasteiger charge is 2.20. The van der Waals surface area contributed by atoms with E-state index in [4.69, 9.17) is 6.42 Å². The molecular formula is C7H7NOS. The predicted octanol–water partition coefficient (Wildman–Crippen LogP) is 0.984. The topological polar surface area (TPSA) is 33.1 Å². The molecule has 0 radical (unpaired) electrons. The molecule has 0 aliphatic heterocycles. The van der Waals surface area contributed by atoms with Gasteiger partial charge in [-0.2, -0.15) is 0 Å². The van der Waals surface area contributed by atoms with Crippen LogP contribution < -0.4 is 0 Å². The maximum absolute atomic E-state index is 9.39. The molecule has 0 amide bonds. The Labute approximate surface area is 63.5 Å². The van der Waals surface area contributed by atoms with Gasteiger partial charge in [0.2, 0.25) is 0 Å². The standard InChI is InChI=1S/C7H7NOS/c1-3-7(2,9)6-4-10-5-8-6/h1,4-5,9H,2H3. The first kappa shape index (κ1) is 7.26. The van der Waals surface area contributed by atoms with Crippen molar-refractivity contribution < 1.29 is 5.11 Å². The van der Waals surface area contributed by atoms with Gasteiger partial charge >= 0.3 is 0 Å². The monoisotopic (exact) mass is 153 g/mol. The van der Waals surface area contributed by atoms with Crippen molar-refractivity contribution in [2.24, 2.45) is 0 Å². The zero-order valence-corrected chi connectivity index (χ0v) is 6.35. The SMILES string of the molecule is C#CC(C)(O)c1cscn1. The number of rotatable bonds is 1. The Morgan fingerprint density at radius 1 is 1.90 bits per heavy atom. The van der Waals surface area contributed by atoms with Gasteiger partial charge in [0.1, 0.15) is 0 Å². The number of nitrogens with zero attached hydrogens (tertiary/aromatic N) is 1. The lowest BCUT2D eigenvalue weighted by atomic mass is 10.1. The van der Waals surface area contributed by atoms with Gasteiger partial charge in [-0.15, -0.1) is 17.8 Å². The second kappa shape index (κ2) is 2.41. The highest BCUT2D eigenvalue weighted by Crippen LogP contribution is 2.18. The van der Waals surface area contributed by atoms with Crippen molar-refractivity contribution in [3.8, 4) is 12.3 Å². The summed E-state index contributed by atoms with van der Waals surface area (Å²) < 4.78 is 0. The second-order valence-corrected chi connectivity index (χ2v) is 2.81. The molecule has 0 aliphatic rings. The van der Waals surface area contributed by atoms with Gasteiger partial charge in [0.25, 0.3) is 0 Å². The molecule has 3 heteroatoms. The first-order valence-corrected chi connectivity index (χ1v) is 3.70. The van der Waals surface area contributed by atoms with Gasteiger partial charge in [-0.1, -0.05) is 5.92 Å². The fraction of sp³-hybridized carbons (Fsp3) is 0.286. The molecule has 0 fully saturated rings. The van der Waals surface area contributed by atoms with Crippen LogP contribution in [0.3, 0.4) is 0 Å². The zero-order chi connectivity index (χ0) is 7.61. The number of aromatic nitrogens is 1. The van der Waals surface area contributed by atoms with E-state index >= 15 is 0 Å². The van der Waals surface area contributed by atoms with Crippen molar-refractivity contribution >= 4 is 11.3 Å². The maximum Gasteiger partial charge on any atom is 0.165 e. The number of aliphatic hydroxyl groups is 1. The largest absolute Gasteiger partial charge is 0.372 e. The van der Waals surface area contributed by atoms with Crippen LogP contribution >= 0.6 is 11.3 Å². The molecule has 0 aliphatic carbocycles. The molecule has 1 aromatic heterocycles. The molecule has 1 N–H and O–H groups in total. The van der Waals surface area contributed by atoms with Crippen LogP contribution in [0.25, 0.3) is 0 Å². The summed E-state index contributed by atoms with van der Waals surface area (Å²) in [6.07, 6.45) is 5.06. The summed E-state index contributed by atoms with van der Waals surface area (Å²) in [6, 6.07) is 0. The lowest BCUT2D eigenvalue weighted by molar-refractivity contribution is 0.118. The summed E-state index contributed by atoms with van der Waals surface area (Å²) in [4.78, 5) is 3.88. The molecule has 1 unspecified atom stereocenters. The molecule has 1 heterocycles. The van der Waals surface area contributed by atoms with Crippen LogP contribution in [0.5, 0.6) is 0 Å². The van der Waals surface area contributed by atoms with Crippen molar-refractivity contribution in [2.75, 3.05) is 0 Å². The van der Waals surface area contributed by atoms with Crippen LogP contribution in [0, 0.1) is 12.3 Å². The molecular weight excluding hydrogens is 146 g/mol. The highest BCUT2D eigenvalue weighted by molar-refractivity contribution is 7.07. The van der Waals surface area contributed by atoms with E-state index in [1.165, 1.54) is 11.3 Å². The predicted molar refractivity (Wildman–Crippen MR) is 40.5 cm³/mol. The maximum atomic E-state index is 9.39. The van der Waals surface area contributed by atoms with Crippen LogP contribution in [0.1, 0.15) is 12.6 Å². The van der Waals surface area contributed by atoms with E-state index in [0.29, 0.717) is 5.69 Å². The smallest absolute Gasteiger partial charge is 0.165 e. The van der Waals surface area contributed by atoms with E-state index in [1.54, 1.807) is 17.8 Å². The number of thiazole rings is 1. The average molecular weight is 153 g/mol. The minimum atomic E-state index is -1.21. The van der Waals surface area contributed by atoms with E-state index in [-0.39, 0.29) is 0 Å². The lowest BCUT2D eigenvalue weighted by Crippen LogP contribution is -2.18. The summed E-state index contributed by atoms with van der Waals surface area (Å²) >= 11 is 1.42. The molecule has 0 saturated carbocycles. The van der Waals surface area contributed by atoms with E-state index < -0.39 is 5.60 Å². The Morgan fingerprint density at radius 3 is 3.00 bits per heavy atom. The zero-order valence-electron chi connectivity index (χ0n) is 5.53. The van der Waals surface area contributed by atoms with E-state index in [9.17, 15) is 5.11 Å². The Balaban J connectivity index is 2.99. The fourth-order valence-corrected chi connectivity index (χ4v) is 1.18. The second-order valence-electron chi connectivity index (χ2n) is 2.09. The quantitative estimate of drug-likeness (QED) is 0.610. The summed E-state index contributed by atoms with van der Waals surface area (Å²) in [7, 11) is 0. The number of hydrogen-bond donors (Lipinski definition) is 1. The average Bonchev–Trinajstić information content (AvgIpc) is 2.38. The van der Waals surface area contributed by atoms with Gasteiger partial charge in [-0.05, 0) is 6.92 Å². The third-order valence-corrected chi connectivity index (χ3v) is 1.80. The molecule has 1 atom stereocenters. The summed E-state index contributed by atoms with van der Waals surface area (Å²) in [5, 5.41) is 11.1. The molecule has 0 bridgehead atoms. The Hall–Kier alpha value is -0.850. The molecule has 0 saturated heterocycles. The molecule has 1 rings (SSSR count). The first-order valence-electron chi connectivity index (χ1n) is 2.75. The van der Waals surface area contributed by atoms with Gasteiger partial charge in [-0.3, -0.25) is 0 Å². The van der Waals surface area contributed by atoms with Crippen molar-refractivity contribution in [1.82, 2.24) is 4.98 Å². The van der Waals surface area contributed by atoms with Crippen LogP contribution in [0.4, 0.5) is 0 Å². The summed E-state index contributed by atoms with van der Waals surface area (Å²) in [6.45, 7) is 1.54. The lowest BCUT2D eigenvalue weighted by Gasteiger charge is -2.11. The van der Waals surface area contributed by atoms with Crippen LogP contribution in [0.15, 0.2) is 10.9 Å². The van der Waals surface area contributed by atoms with E-state index in [2.05, 4.69) is 10.9 Å². The Kier molecular flexibility index (Phi) is 1.75. The molecule has 52 valence electrons. The van der Waals surface area contributed by atoms with Gasteiger partial charge in [-0.25, -0.2) is 4.98 Å². The van der Waals surface area contributed by atoms with Crippen LogP contribution in [-0.2, 0) is 5.60 Å². The number of terminal acetylenes is 1. The normalized spacial score (nSPS) is 15.7. The minimum Gasteiger partial charge on any atom is -0.372 e. The molecule has 2 nitrogen and oxygen atoms in total. The van der Waals surface area contributed by atoms with Gasteiger partial charge in [0, 0.05) is 5.38 Å². The van der Waals surface area contributed by atoms with Gasteiger partial charge in [0.15, 0.2) is 5.60 Å². The van der Waals surface area contributed by atoms with E-state index in [1.807, 2.05) is 0 Å². The molecule has 10 heavy (non-hydrogen) atoms. The Bertz CT molecular complexity index is 245. The third-order valence-electron chi connectivity index (χ3n) is 1.21. The summed E-state index contributed by atoms with van der Waals surface area (Å²) in [5.74, 6) is 2.24. The Morgan fingerprint density at radius 2 is 2.60 bits per heavy atom. The first-order chi connectivity index (χ1) is 4.67. The van der Waals surface area contributed by atoms with Crippen molar-refractivity contribution in [1.29, 1.82) is 0 Å². The van der Waals surface area contributed by atoms with E-state index in [0.717, 1.165) is 0 Å². The number of hydrogen-bond acceptors (Lipinski definition) is 3. The molecule has 1 aromatic rings. The van der Waals surface area contributed by atoms with Crippen molar-refractivity contribution in [3.63, 3.8) is 0 Å². The van der Waals surface area contributed by atoms with Gasteiger partial charge < -0.3 is 5.11 Å². The van der Waals surface area contributed by atoms with Crippen LogP contribution in [-0.4, -0.2) is 10.1 Å². The highest BCUT2D eigenvalue weighted by atomic mass is 32.1. The van der Waals surface area contributed by atoms with Gasteiger partial charge in [0.05, 0.1) is 11.2 Å². The van der Waals surface area contributed by atoms with Crippen molar-refractivity contribution in [2.45, 2.75) is 12.5 Å².